The van der Waals surface area contributed by atoms with Crippen LogP contribution in [0.2, 0.25) is 0 Å². The maximum Gasteiger partial charge on any atom is 0.125 e. The summed E-state index contributed by atoms with van der Waals surface area (Å²) in [6.07, 6.45) is 9.61. The van der Waals surface area contributed by atoms with E-state index in [0.29, 0.717) is 0 Å². The summed E-state index contributed by atoms with van der Waals surface area (Å²) in [4.78, 5) is 5.94. The van der Waals surface area contributed by atoms with Gasteiger partial charge in [0, 0.05) is 10.9 Å². The van der Waals surface area contributed by atoms with Crippen LogP contribution >= 0.6 is 23.1 Å². The van der Waals surface area contributed by atoms with Crippen LogP contribution in [0.15, 0.2) is 90.2 Å². The van der Waals surface area contributed by atoms with Gasteiger partial charge in [0.25, 0.3) is 0 Å². The second-order valence-electron chi connectivity index (χ2n) is 5.58. The molecule has 134 valence electrons. The van der Waals surface area contributed by atoms with Gasteiger partial charge in [0.05, 0.1) is 9.90 Å². The van der Waals surface area contributed by atoms with E-state index in [1.54, 1.807) is 12.2 Å². The lowest BCUT2D eigenvalue weighted by Gasteiger charge is -1.99. The van der Waals surface area contributed by atoms with Crippen molar-refractivity contribution in [3.63, 3.8) is 0 Å². The van der Waals surface area contributed by atoms with E-state index in [4.69, 9.17) is 4.98 Å². The Kier molecular flexibility index (Phi) is 8.94. The van der Waals surface area contributed by atoms with E-state index in [1.165, 1.54) is 33.8 Å². The number of benzene rings is 1. The highest BCUT2D eigenvalue weighted by Crippen LogP contribution is 2.33. The Hall–Kier alpha value is -2.10. The summed E-state index contributed by atoms with van der Waals surface area (Å²) in [7, 11) is 0. The van der Waals surface area contributed by atoms with Crippen LogP contribution in [0.3, 0.4) is 0 Å². The highest BCUT2D eigenvalue weighted by atomic mass is 32.2. The van der Waals surface area contributed by atoms with E-state index in [2.05, 4.69) is 62.5 Å². The van der Waals surface area contributed by atoms with Crippen molar-refractivity contribution >= 4 is 33.3 Å². The van der Waals surface area contributed by atoms with Crippen LogP contribution in [0.1, 0.15) is 19.8 Å². The molecule has 0 saturated carbocycles. The predicted molar refractivity (Wildman–Crippen MR) is 120 cm³/mol. The molecule has 0 aliphatic heterocycles. The summed E-state index contributed by atoms with van der Waals surface area (Å²) < 4.78 is 1.38. The number of hydrogen-bond acceptors (Lipinski definition) is 3. The van der Waals surface area contributed by atoms with E-state index < -0.39 is 0 Å². The van der Waals surface area contributed by atoms with Gasteiger partial charge in [-0.3, -0.25) is 0 Å². The van der Waals surface area contributed by atoms with Crippen molar-refractivity contribution in [2.75, 3.05) is 5.75 Å². The molecule has 0 aliphatic carbocycles. The molecule has 3 rings (SSSR count). The number of hydrogen-bond donors (Lipinski definition) is 0. The SMILES string of the molecule is C=C/C=C\C=C.CCCCSc1cc2ccc(-c3ccccc3)nc2s1. The molecule has 0 bridgehead atoms. The minimum atomic E-state index is 1.06. The monoisotopic (exact) mass is 379 g/mol. The third kappa shape index (κ3) is 6.32. The van der Waals surface area contributed by atoms with Crippen molar-refractivity contribution in [3.8, 4) is 11.3 Å². The van der Waals surface area contributed by atoms with E-state index in [0.717, 1.165) is 10.5 Å². The standard InChI is InChI=1S/C17H17NS2.C6H8/c1-2-3-11-19-16-12-14-9-10-15(18-17(14)20-16)13-7-5-4-6-8-13;1-3-5-6-4-2/h4-10,12H,2-3,11H2,1H3;3-6H,1-2H2/b;6-5-. The predicted octanol–water partition coefficient (Wildman–Crippen LogP) is 7.77. The number of unbranched alkanes of at least 4 members (excludes halogenated alkanes) is 1. The average molecular weight is 380 g/mol. The lowest BCUT2D eigenvalue weighted by molar-refractivity contribution is 0.896. The van der Waals surface area contributed by atoms with Crippen molar-refractivity contribution in [1.29, 1.82) is 0 Å². The molecule has 1 aromatic carbocycles. The van der Waals surface area contributed by atoms with Crippen LogP contribution in [0.5, 0.6) is 0 Å². The number of aromatic nitrogens is 1. The van der Waals surface area contributed by atoms with Gasteiger partial charge in [-0.1, -0.05) is 81.1 Å². The van der Waals surface area contributed by atoms with Crippen molar-refractivity contribution in [2.24, 2.45) is 0 Å². The summed E-state index contributed by atoms with van der Waals surface area (Å²) in [5, 5.41) is 1.26. The first-order valence-corrected chi connectivity index (χ1v) is 10.6. The fourth-order valence-electron chi connectivity index (χ4n) is 2.21. The molecular formula is C23H25NS2. The van der Waals surface area contributed by atoms with E-state index in [9.17, 15) is 0 Å². The third-order valence-corrected chi connectivity index (χ3v) is 5.89. The Morgan fingerprint density at radius 2 is 1.77 bits per heavy atom. The van der Waals surface area contributed by atoms with Crippen molar-refractivity contribution in [1.82, 2.24) is 4.98 Å². The minimum Gasteiger partial charge on any atom is -0.237 e. The summed E-state index contributed by atoms with van der Waals surface area (Å²) in [6.45, 7) is 9.16. The van der Waals surface area contributed by atoms with E-state index >= 15 is 0 Å². The van der Waals surface area contributed by atoms with Crippen LogP contribution in [0, 0.1) is 0 Å². The van der Waals surface area contributed by atoms with E-state index in [-0.39, 0.29) is 0 Å². The fourth-order valence-corrected chi connectivity index (χ4v) is 4.54. The second-order valence-corrected chi connectivity index (χ2v) is 8.01. The molecule has 0 fully saturated rings. The van der Waals surface area contributed by atoms with Gasteiger partial charge in [0.2, 0.25) is 0 Å². The molecule has 3 aromatic rings. The molecule has 0 radical (unpaired) electrons. The Morgan fingerprint density at radius 1 is 1.04 bits per heavy atom. The summed E-state index contributed by atoms with van der Waals surface area (Å²) >= 11 is 3.76. The molecule has 0 aliphatic rings. The maximum absolute atomic E-state index is 4.80. The van der Waals surface area contributed by atoms with Crippen molar-refractivity contribution in [3.05, 3.63) is 86.0 Å². The third-order valence-electron chi connectivity index (χ3n) is 3.56. The summed E-state index contributed by atoms with van der Waals surface area (Å²) in [5.74, 6) is 1.20. The molecule has 2 heterocycles. The molecular weight excluding hydrogens is 354 g/mol. The zero-order valence-electron chi connectivity index (χ0n) is 15.2. The van der Waals surface area contributed by atoms with Gasteiger partial charge in [-0.2, -0.15) is 0 Å². The first-order chi connectivity index (χ1) is 12.8. The minimum absolute atomic E-state index is 1.06. The average Bonchev–Trinajstić information content (AvgIpc) is 3.09. The Morgan fingerprint density at radius 3 is 2.42 bits per heavy atom. The number of rotatable bonds is 7. The first-order valence-electron chi connectivity index (χ1n) is 8.77. The molecule has 0 spiro atoms. The van der Waals surface area contributed by atoms with Crippen LogP contribution in [0.4, 0.5) is 0 Å². The number of thiophene rings is 1. The Balaban J connectivity index is 0.000000352. The van der Waals surface area contributed by atoms with Gasteiger partial charge in [-0.15, -0.1) is 23.1 Å². The molecule has 0 N–H and O–H groups in total. The highest BCUT2D eigenvalue weighted by molar-refractivity contribution is 8.01. The molecule has 1 nitrogen and oxygen atoms in total. The molecule has 26 heavy (non-hydrogen) atoms. The lowest BCUT2D eigenvalue weighted by Crippen LogP contribution is -1.81. The van der Waals surface area contributed by atoms with Crippen LogP contribution in [-0.2, 0) is 0 Å². The number of fused-ring (bicyclic) bond motifs is 1. The lowest BCUT2D eigenvalue weighted by atomic mass is 10.1. The normalized spacial score (nSPS) is 10.5. The highest BCUT2D eigenvalue weighted by Gasteiger charge is 2.06. The van der Waals surface area contributed by atoms with Gasteiger partial charge in [-0.05, 0) is 30.4 Å². The van der Waals surface area contributed by atoms with Gasteiger partial charge in [-0.25, -0.2) is 4.98 Å². The summed E-state index contributed by atoms with van der Waals surface area (Å²) in [6, 6.07) is 16.9. The van der Waals surface area contributed by atoms with Crippen LogP contribution < -0.4 is 0 Å². The maximum atomic E-state index is 4.80. The number of nitrogens with zero attached hydrogens (tertiary/aromatic N) is 1. The van der Waals surface area contributed by atoms with Crippen molar-refractivity contribution in [2.45, 2.75) is 24.0 Å². The first kappa shape index (κ1) is 20.2. The largest absolute Gasteiger partial charge is 0.237 e. The van der Waals surface area contributed by atoms with Gasteiger partial charge >= 0.3 is 0 Å². The zero-order valence-corrected chi connectivity index (χ0v) is 16.9. The van der Waals surface area contributed by atoms with Crippen molar-refractivity contribution < 1.29 is 0 Å². The molecule has 0 unspecified atom stereocenters. The fraction of sp³-hybridized carbons (Fsp3) is 0.174. The quantitative estimate of drug-likeness (QED) is 0.236. The topological polar surface area (TPSA) is 12.9 Å². The number of thioether (sulfide) groups is 1. The molecule has 0 saturated heterocycles. The molecule has 2 aromatic heterocycles. The Labute approximate surface area is 165 Å². The van der Waals surface area contributed by atoms with Gasteiger partial charge < -0.3 is 0 Å². The van der Waals surface area contributed by atoms with Crippen LogP contribution in [0.25, 0.3) is 21.5 Å². The van der Waals surface area contributed by atoms with Crippen LogP contribution in [-0.4, -0.2) is 10.7 Å². The van der Waals surface area contributed by atoms with E-state index in [1.807, 2.05) is 41.3 Å². The number of pyridine rings is 1. The molecule has 0 amide bonds. The molecule has 0 atom stereocenters. The van der Waals surface area contributed by atoms with Gasteiger partial charge in [0.1, 0.15) is 4.83 Å². The van der Waals surface area contributed by atoms with Gasteiger partial charge in [0.15, 0.2) is 0 Å². The number of allylic oxidation sites excluding steroid dienone is 4. The smallest absolute Gasteiger partial charge is 0.125 e. The Bertz CT molecular complexity index is 837. The zero-order chi connectivity index (χ0) is 18.6. The summed E-state index contributed by atoms with van der Waals surface area (Å²) in [5.41, 5.74) is 2.24. The molecule has 3 heteroatoms. The second kappa shape index (κ2) is 11.5.